The number of hydrogen-bond donors (Lipinski definition) is 3. The molecule has 0 aliphatic heterocycles. The molecule has 0 bridgehead atoms. The highest BCUT2D eigenvalue weighted by atomic mass is 16.4. The minimum absolute atomic E-state index is 0.391. The Morgan fingerprint density at radius 2 is 2.13 bits per heavy atom. The second-order valence-electron chi connectivity index (χ2n) is 3.74. The Morgan fingerprint density at radius 1 is 1.40 bits per heavy atom. The first kappa shape index (κ1) is 9.98. The zero-order valence-corrected chi connectivity index (χ0v) is 8.18. The molecule has 4 heteroatoms. The average molecular weight is 207 g/mol. The molecule has 15 heavy (non-hydrogen) atoms. The summed E-state index contributed by atoms with van der Waals surface area (Å²) in [7, 11) is 0. The van der Waals surface area contributed by atoms with E-state index in [-0.39, 0.29) is 0 Å². The molecule has 1 aromatic carbocycles. The van der Waals surface area contributed by atoms with Crippen molar-refractivity contribution >= 4 is 6.09 Å². The number of benzene rings is 1. The first-order valence-corrected chi connectivity index (χ1v) is 4.94. The monoisotopic (exact) mass is 207 g/mol. The SMILES string of the molecule is O=C(O)N[C@@H]1CCc2ccccc2[C@@H]1O. The Labute approximate surface area is 87.6 Å². The van der Waals surface area contributed by atoms with Crippen molar-refractivity contribution in [3.63, 3.8) is 0 Å². The highest BCUT2D eigenvalue weighted by Crippen LogP contribution is 2.29. The van der Waals surface area contributed by atoms with Gasteiger partial charge in [0.25, 0.3) is 0 Å². The van der Waals surface area contributed by atoms with Gasteiger partial charge in [-0.1, -0.05) is 24.3 Å². The number of fused-ring (bicyclic) bond motifs is 1. The van der Waals surface area contributed by atoms with Crippen molar-refractivity contribution in [2.75, 3.05) is 0 Å². The van der Waals surface area contributed by atoms with Gasteiger partial charge < -0.3 is 15.5 Å². The van der Waals surface area contributed by atoms with Crippen LogP contribution in [0.25, 0.3) is 0 Å². The van der Waals surface area contributed by atoms with Crippen LogP contribution in [0.1, 0.15) is 23.7 Å². The first-order chi connectivity index (χ1) is 7.18. The molecule has 0 heterocycles. The fourth-order valence-electron chi connectivity index (χ4n) is 2.05. The summed E-state index contributed by atoms with van der Waals surface area (Å²) in [6.45, 7) is 0. The second-order valence-corrected chi connectivity index (χ2v) is 3.74. The van der Waals surface area contributed by atoms with E-state index in [9.17, 15) is 9.90 Å². The predicted octanol–water partition coefficient (Wildman–Crippen LogP) is 1.30. The predicted molar refractivity (Wildman–Crippen MR) is 54.7 cm³/mol. The molecular weight excluding hydrogens is 194 g/mol. The Balaban J connectivity index is 2.22. The molecule has 1 aromatic rings. The number of carbonyl (C=O) groups is 1. The number of aryl methyl sites for hydroxylation is 1. The zero-order valence-electron chi connectivity index (χ0n) is 8.18. The van der Waals surface area contributed by atoms with Crippen LogP contribution in [0.3, 0.4) is 0 Å². The zero-order chi connectivity index (χ0) is 10.8. The lowest BCUT2D eigenvalue weighted by Crippen LogP contribution is -2.41. The Hall–Kier alpha value is -1.55. The lowest BCUT2D eigenvalue weighted by atomic mass is 9.86. The molecular formula is C11H13NO3. The van der Waals surface area contributed by atoms with Crippen molar-refractivity contribution in [2.24, 2.45) is 0 Å². The summed E-state index contributed by atoms with van der Waals surface area (Å²) in [4.78, 5) is 10.5. The number of aliphatic hydroxyl groups is 1. The minimum atomic E-state index is -1.08. The summed E-state index contributed by atoms with van der Waals surface area (Å²) >= 11 is 0. The molecule has 0 aromatic heterocycles. The molecule has 3 N–H and O–H groups in total. The molecule has 2 atom stereocenters. The molecule has 0 fully saturated rings. The Morgan fingerprint density at radius 3 is 2.87 bits per heavy atom. The number of hydrogen-bond acceptors (Lipinski definition) is 2. The molecule has 0 saturated carbocycles. The maximum atomic E-state index is 10.5. The highest BCUT2D eigenvalue weighted by molar-refractivity contribution is 5.65. The summed E-state index contributed by atoms with van der Waals surface area (Å²) < 4.78 is 0. The third-order valence-electron chi connectivity index (χ3n) is 2.79. The number of carboxylic acid groups (broad SMARTS) is 1. The average Bonchev–Trinajstić information content (AvgIpc) is 2.22. The van der Waals surface area contributed by atoms with Gasteiger partial charge in [-0.2, -0.15) is 0 Å². The van der Waals surface area contributed by atoms with Crippen LogP contribution in [-0.4, -0.2) is 22.3 Å². The van der Waals surface area contributed by atoms with E-state index in [0.717, 1.165) is 17.5 Å². The van der Waals surface area contributed by atoms with Gasteiger partial charge >= 0.3 is 6.09 Å². The summed E-state index contributed by atoms with van der Waals surface area (Å²) in [6.07, 6.45) is -0.368. The van der Waals surface area contributed by atoms with Crippen molar-refractivity contribution in [2.45, 2.75) is 25.0 Å². The Kier molecular flexibility index (Phi) is 2.60. The van der Waals surface area contributed by atoms with E-state index < -0.39 is 18.2 Å². The van der Waals surface area contributed by atoms with Crippen LogP contribution in [0.15, 0.2) is 24.3 Å². The maximum Gasteiger partial charge on any atom is 0.404 e. The molecule has 1 aliphatic rings. The number of aliphatic hydroxyl groups excluding tert-OH is 1. The number of rotatable bonds is 1. The van der Waals surface area contributed by atoms with E-state index in [1.807, 2.05) is 24.3 Å². The third kappa shape index (κ3) is 1.94. The summed E-state index contributed by atoms with van der Waals surface area (Å²) in [5.41, 5.74) is 1.94. The third-order valence-corrected chi connectivity index (χ3v) is 2.79. The van der Waals surface area contributed by atoms with Crippen LogP contribution in [0.2, 0.25) is 0 Å². The van der Waals surface area contributed by atoms with Crippen LogP contribution in [0, 0.1) is 0 Å². The quantitative estimate of drug-likeness (QED) is 0.650. The lowest BCUT2D eigenvalue weighted by Gasteiger charge is -2.29. The van der Waals surface area contributed by atoms with Crippen LogP contribution >= 0.6 is 0 Å². The van der Waals surface area contributed by atoms with Crippen LogP contribution in [0.4, 0.5) is 4.79 Å². The van der Waals surface area contributed by atoms with Gasteiger partial charge in [-0.3, -0.25) is 0 Å². The molecule has 4 nitrogen and oxygen atoms in total. The van der Waals surface area contributed by atoms with Crippen LogP contribution in [-0.2, 0) is 6.42 Å². The Bertz CT molecular complexity index is 378. The largest absolute Gasteiger partial charge is 0.465 e. The van der Waals surface area contributed by atoms with E-state index in [1.165, 1.54) is 0 Å². The maximum absolute atomic E-state index is 10.5. The number of nitrogens with one attached hydrogen (secondary N) is 1. The van der Waals surface area contributed by atoms with Gasteiger partial charge in [0.05, 0.1) is 12.1 Å². The van der Waals surface area contributed by atoms with Gasteiger partial charge in [-0.25, -0.2) is 4.79 Å². The van der Waals surface area contributed by atoms with Crippen LogP contribution < -0.4 is 5.32 Å². The molecule has 80 valence electrons. The van der Waals surface area contributed by atoms with Crippen molar-refractivity contribution < 1.29 is 15.0 Å². The smallest absolute Gasteiger partial charge is 0.404 e. The summed E-state index contributed by atoms with van der Waals surface area (Å²) in [6, 6.07) is 7.20. The molecule has 0 saturated heterocycles. The molecule has 0 radical (unpaired) electrons. The number of amides is 1. The van der Waals surface area contributed by atoms with E-state index in [2.05, 4.69) is 5.32 Å². The fraction of sp³-hybridized carbons (Fsp3) is 0.364. The van der Waals surface area contributed by atoms with Gasteiger partial charge in [-0.15, -0.1) is 0 Å². The first-order valence-electron chi connectivity index (χ1n) is 4.94. The van der Waals surface area contributed by atoms with Crippen molar-refractivity contribution in [3.8, 4) is 0 Å². The van der Waals surface area contributed by atoms with Gasteiger partial charge in [-0.05, 0) is 24.0 Å². The van der Waals surface area contributed by atoms with E-state index >= 15 is 0 Å². The molecule has 1 amide bonds. The minimum Gasteiger partial charge on any atom is -0.465 e. The second kappa shape index (κ2) is 3.90. The van der Waals surface area contributed by atoms with E-state index in [1.54, 1.807) is 0 Å². The molecule has 2 rings (SSSR count). The lowest BCUT2D eigenvalue weighted by molar-refractivity contribution is 0.109. The molecule has 0 unspecified atom stereocenters. The fourth-order valence-corrected chi connectivity index (χ4v) is 2.05. The summed E-state index contributed by atoms with van der Waals surface area (Å²) in [5, 5.41) is 20.9. The van der Waals surface area contributed by atoms with Crippen molar-refractivity contribution in [1.82, 2.24) is 5.32 Å². The van der Waals surface area contributed by atoms with Crippen LogP contribution in [0.5, 0.6) is 0 Å². The normalized spacial score (nSPS) is 24.3. The highest BCUT2D eigenvalue weighted by Gasteiger charge is 2.28. The van der Waals surface area contributed by atoms with E-state index in [4.69, 9.17) is 5.11 Å². The van der Waals surface area contributed by atoms with Crippen molar-refractivity contribution in [1.29, 1.82) is 0 Å². The molecule has 0 spiro atoms. The van der Waals surface area contributed by atoms with Gasteiger partial charge in [0.1, 0.15) is 0 Å². The van der Waals surface area contributed by atoms with Gasteiger partial charge in [0.15, 0.2) is 0 Å². The standard InChI is InChI=1S/C11H13NO3/c13-10-8-4-2-1-3-7(8)5-6-9(10)12-11(14)15/h1-4,9-10,12-13H,5-6H2,(H,14,15)/t9-,10+/m1/s1. The van der Waals surface area contributed by atoms with Gasteiger partial charge in [0, 0.05) is 0 Å². The summed E-state index contributed by atoms with van der Waals surface area (Å²) in [5.74, 6) is 0. The van der Waals surface area contributed by atoms with Crippen molar-refractivity contribution in [3.05, 3.63) is 35.4 Å². The van der Waals surface area contributed by atoms with Gasteiger partial charge in [0.2, 0.25) is 0 Å². The molecule has 1 aliphatic carbocycles. The van der Waals surface area contributed by atoms with E-state index in [0.29, 0.717) is 6.42 Å². The topological polar surface area (TPSA) is 69.6 Å².